The first-order valence-electron chi connectivity index (χ1n) is 3.62. The molecule has 1 aromatic carbocycles. The molecule has 5 heteroatoms. The number of methoxy groups -OCH3 is 1. The lowest BCUT2D eigenvalue weighted by atomic mass is 10.1. The summed E-state index contributed by atoms with van der Waals surface area (Å²) in [7, 11) is 1.14. The van der Waals surface area contributed by atoms with E-state index in [0.29, 0.717) is 6.29 Å². The Balaban J connectivity index is 3.33. The fraction of sp³-hybridized carbons (Fsp3) is 0.111. The summed E-state index contributed by atoms with van der Waals surface area (Å²) in [4.78, 5) is 21.5. The Bertz CT molecular complexity index is 390. The van der Waals surface area contributed by atoms with Crippen molar-refractivity contribution in [3.05, 3.63) is 33.5 Å². The Labute approximate surface area is 88.0 Å². The highest BCUT2D eigenvalue weighted by Gasteiger charge is 2.15. The van der Waals surface area contributed by atoms with Crippen molar-refractivity contribution in [2.45, 2.75) is 0 Å². The van der Waals surface area contributed by atoms with Gasteiger partial charge < -0.3 is 4.74 Å². The SMILES string of the molecule is COC(=O)c1cc(C=O)cc(Br)c1F. The number of hydrogen-bond donors (Lipinski definition) is 0. The fourth-order valence-electron chi connectivity index (χ4n) is 0.937. The molecule has 0 radical (unpaired) electrons. The van der Waals surface area contributed by atoms with E-state index in [1.807, 2.05) is 0 Å². The van der Waals surface area contributed by atoms with E-state index in [2.05, 4.69) is 20.7 Å². The first-order valence-corrected chi connectivity index (χ1v) is 4.42. The molecular weight excluding hydrogens is 255 g/mol. The van der Waals surface area contributed by atoms with Crippen molar-refractivity contribution in [3.8, 4) is 0 Å². The number of rotatable bonds is 2. The summed E-state index contributed by atoms with van der Waals surface area (Å²) < 4.78 is 17.7. The lowest BCUT2D eigenvalue weighted by molar-refractivity contribution is 0.0595. The zero-order valence-corrected chi connectivity index (χ0v) is 8.80. The summed E-state index contributed by atoms with van der Waals surface area (Å²) in [5.41, 5.74) is -0.0531. The predicted octanol–water partition coefficient (Wildman–Crippen LogP) is 2.19. The minimum absolute atomic E-state index is 0.0579. The molecule has 0 spiro atoms. The molecule has 0 amide bonds. The molecule has 0 aromatic heterocycles. The largest absolute Gasteiger partial charge is 0.465 e. The van der Waals surface area contributed by atoms with Crippen molar-refractivity contribution in [2.24, 2.45) is 0 Å². The van der Waals surface area contributed by atoms with Crippen LogP contribution in [0.1, 0.15) is 20.7 Å². The summed E-state index contributed by atoms with van der Waals surface area (Å²) in [6, 6.07) is 2.42. The van der Waals surface area contributed by atoms with Crippen molar-refractivity contribution in [1.82, 2.24) is 0 Å². The van der Waals surface area contributed by atoms with Crippen molar-refractivity contribution in [3.63, 3.8) is 0 Å². The van der Waals surface area contributed by atoms with Gasteiger partial charge in [0.2, 0.25) is 0 Å². The molecule has 0 heterocycles. The van der Waals surface area contributed by atoms with Gasteiger partial charge in [-0.1, -0.05) is 0 Å². The average molecular weight is 261 g/mol. The summed E-state index contributed by atoms with van der Waals surface area (Å²) in [5.74, 6) is -1.55. The second-order valence-corrected chi connectivity index (χ2v) is 3.33. The van der Waals surface area contributed by atoms with Crippen LogP contribution in [0.5, 0.6) is 0 Å². The van der Waals surface area contributed by atoms with Crippen molar-refractivity contribution in [1.29, 1.82) is 0 Å². The highest BCUT2D eigenvalue weighted by molar-refractivity contribution is 9.10. The maximum atomic E-state index is 13.3. The minimum atomic E-state index is -0.813. The van der Waals surface area contributed by atoms with E-state index in [0.717, 1.165) is 13.2 Å². The van der Waals surface area contributed by atoms with Gasteiger partial charge in [-0.15, -0.1) is 0 Å². The lowest BCUT2D eigenvalue weighted by Gasteiger charge is -2.03. The number of benzene rings is 1. The fourth-order valence-corrected chi connectivity index (χ4v) is 1.41. The van der Waals surface area contributed by atoms with Crippen LogP contribution >= 0.6 is 15.9 Å². The van der Waals surface area contributed by atoms with Crippen LogP contribution in [0, 0.1) is 5.82 Å². The first kappa shape index (κ1) is 10.8. The van der Waals surface area contributed by atoms with Crippen LogP contribution in [0.3, 0.4) is 0 Å². The highest BCUT2D eigenvalue weighted by atomic mass is 79.9. The highest BCUT2D eigenvalue weighted by Crippen LogP contribution is 2.21. The molecule has 14 heavy (non-hydrogen) atoms. The van der Waals surface area contributed by atoms with Gasteiger partial charge in [0.15, 0.2) is 5.82 Å². The third kappa shape index (κ3) is 1.98. The second-order valence-electron chi connectivity index (χ2n) is 2.47. The molecule has 0 atom stereocenters. The predicted molar refractivity (Wildman–Crippen MR) is 50.8 cm³/mol. The number of halogens is 2. The Morgan fingerprint density at radius 3 is 2.71 bits per heavy atom. The molecule has 0 bridgehead atoms. The van der Waals surface area contributed by atoms with Gasteiger partial charge in [0.1, 0.15) is 6.29 Å². The zero-order valence-electron chi connectivity index (χ0n) is 7.21. The number of esters is 1. The maximum Gasteiger partial charge on any atom is 0.340 e. The van der Waals surface area contributed by atoms with Gasteiger partial charge in [-0.25, -0.2) is 9.18 Å². The average Bonchev–Trinajstić information content (AvgIpc) is 2.20. The zero-order chi connectivity index (χ0) is 10.7. The summed E-state index contributed by atoms with van der Waals surface area (Å²) in [5, 5.41) is 0. The Hall–Kier alpha value is -1.23. The summed E-state index contributed by atoms with van der Waals surface area (Å²) in [6.07, 6.45) is 0.524. The minimum Gasteiger partial charge on any atom is -0.465 e. The molecule has 0 unspecified atom stereocenters. The Morgan fingerprint density at radius 2 is 2.21 bits per heavy atom. The third-order valence-electron chi connectivity index (χ3n) is 1.59. The Morgan fingerprint density at radius 1 is 1.57 bits per heavy atom. The van der Waals surface area contributed by atoms with E-state index in [9.17, 15) is 14.0 Å². The molecule has 0 saturated heterocycles. The van der Waals surface area contributed by atoms with Crippen LogP contribution in [0.15, 0.2) is 16.6 Å². The van der Waals surface area contributed by atoms with Crippen molar-refractivity contribution < 1.29 is 18.7 Å². The molecule has 0 N–H and O–H groups in total. The van der Waals surface area contributed by atoms with Crippen LogP contribution in [0.2, 0.25) is 0 Å². The van der Waals surface area contributed by atoms with Gasteiger partial charge in [0.25, 0.3) is 0 Å². The van der Waals surface area contributed by atoms with E-state index in [4.69, 9.17) is 0 Å². The van der Waals surface area contributed by atoms with Gasteiger partial charge in [0.05, 0.1) is 17.1 Å². The number of carbonyl (C=O) groups is 2. The molecular formula is C9H6BrFO3. The van der Waals surface area contributed by atoms with Crippen LogP contribution in [-0.2, 0) is 4.74 Å². The molecule has 0 aliphatic heterocycles. The quantitative estimate of drug-likeness (QED) is 0.605. The topological polar surface area (TPSA) is 43.4 Å². The van der Waals surface area contributed by atoms with Crippen LogP contribution in [-0.4, -0.2) is 19.4 Å². The molecule has 0 aliphatic rings. The molecule has 1 aromatic rings. The standard InChI is InChI=1S/C9H6BrFO3/c1-14-9(13)6-2-5(4-12)3-7(10)8(6)11/h2-4H,1H3. The normalized spacial score (nSPS) is 9.64. The molecule has 74 valence electrons. The smallest absolute Gasteiger partial charge is 0.340 e. The third-order valence-corrected chi connectivity index (χ3v) is 2.17. The number of carbonyl (C=O) groups excluding carboxylic acids is 2. The van der Waals surface area contributed by atoms with Crippen LogP contribution < -0.4 is 0 Å². The second kappa shape index (κ2) is 4.32. The summed E-state index contributed by atoms with van der Waals surface area (Å²) >= 11 is 2.89. The van der Waals surface area contributed by atoms with Gasteiger partial charge in [-0.2, -0.15) is 0 Å². The van der Waals surface area contributed by atoms with E-state index < -0.39 is 11.8 Å². The monoisotopic (exact) mass is 260 g/mol. The number of aldehydes is 1. The van der Waals surface area contributed by atoms with Gasteiger partial charge >= 0.3 is 5.97 Å². The van der Waals surface area contributed by atoms with Gasteiger partial charge in [-0.3, -0.25) is 4.79 Å². The molecule has 0 fully saturated rings. The Kier molecular flexibility index (Phi) is 3.35. The van der Waals surface area contributed by atoms with E-state index in [1.165, 1.54) is 6.07 Å². The molecule has 3 nitrogen and oxygen atoms in total. The molecule has 1 rings (SSSR count). The van der Waals surface area contributed by atoms with Gasteiger partial charge in [0, 0.05) is 5.56 Å². The molecule has 0 aliphatic carbocycles. The van der Waals surface area contributed by atoms with Crippen LogP contribution in [0.4, 0.5) is 4.39 Å². The maximum absolute atomic E-state index is 13.3. The van der Waals surface area contributed by atoms with Crippen molar-refractivity contribution in [2.75, 3.05) is 7.11 Å². The summed E-state index contributed by atoms with van der Waals surface area (Å²) in [6.45, 7) is 0. The molecule has 0 saturated carbocycles. The first-order chi connectivity index (χ1) is 6.60. The number of ether oxygens (including phenoxy) is 1. The van der Waals surface area contributed by atoms with E-state index in [1.54, 1.807) is 0 Å². The lowest BCUT2D eigenvalue weighted by Crippen LogP contribution is -2.06. The van der Waals surface area contributed by atoms with Gasteiger partial charge in [-0.05, 0) is 28.1 Å². The van der Waals surface area contributed by atoms with E-state index in [-0.39, 0.29) is 15.6 Å². The van der Waals surface area contributed by atoms with Crippen molar-refractivity contribution >= 4 is 28.2 Å². The number of hydrogen-bond acceptors (Lipinski definition) is 3. The van der Waals surface area contributed by atoms with Crippen LogP contribution in [0.25, 0.3) is 0 Å². The van der Waals surface area contributed by atoms with E-state index >= 15 is 0 Å².